The predicted molar refractivity (Wildman–Crippen MR) is 70.0 cm³/mol. The monoisotopic (exact) mass is 305 g/mol. The molecule has 0 aromatic rings. The number of sulfone groups is 1. The normalized spacial score (nSPS) is 32.1. The number of hydrogen-bond donors (Lipinski definition) is 1. The molecule has 1 amide bonds. The van der Waals surface area contributed by atoms with Gasteiger partial charge in [0.15, 0.2) is 15.9 Å². The Hall–Kier alpha value is -1.15. The summed E-state index contributed by atoms with van der Waals surface area (Å²) in [6.45, 7) is 2.18. The van der Waals surface area contributed by atoms with E-state index in [9.17, 15) is 18.0 Å². The van der Waals surface area contributed by atoms with Crippen LogP contribution in [-0.2, 0) is 24.2 Å². The number of carbonyl (C=O) groups is 2. The molecule has 2 saturated heterocycles. The number of hydrogen-bond acceptors (Lipinski definition) is 5. The van der Waals surface area contributed by atoms with Crippen LogP contribution in [0.1, 0.15) is 26.2 Å². The summed E-state index contributed by atoms with van der Waals surface area (Å²) in [5, 5.41) is 8.86. The van der Waals surface area contributed by atoms with Crippen LogP contribution < -0.4 is 0 Å². The van der Waals surface area contributed by atoms with E-state index in [2.05, 4.69) is 0 Å². The minimum absolute atomic E-state index is 0.0122. The number of likely N-dealkylation sites (N-methyl/N-ethyl adjacent to an activating group) is 1. The molecule has 3 atom stereocenters. The second-order valence-electron chi connectivity index (χ2n) is 5.21. The fraction of sp³-hybridized carbons (Fsp3) is 0.833. The molecule has 1 N–H and O–H groups in total. The molecule has 2 aliphatic rings. The highest BCUT2D eigenvalue weighted by molar-refractivity contribution is 7.91. The van der Waals surface area contributed by atoms with Gasteiger partial charge >= 0.3 is 5.97 Å². The molecule has 7 nitrogen and oxygen atoms in total. The van der Waals surface area contributed by atoms with E-state index in [0.717, 1.165) is 0 Å². The molecule has 0 saturated carbocycles. The molecule has 20 heavy (non-hydrogen) atoms. The summed E-state index contributed by atoms with van der Waals surface area (Å²) in [6.07, 6.45) is -0.580. The largest absolute Gasteiger partial charge is 0.479 e. The van der Waals surface area contributed by atoms with E-state index < -0.39 is 28.0 Å². The molecule has 0 bridgehead atoms. The van der Waals surface area contributed by atoms with Gasteiger partial charge in [-0.3, -0.25) is 4.79 Å². The van der Waals surface area contributed by atoms with Gasteiger partial charge < -0.3 is 14.7 Å². The molecule has 0 aromatic carbocycles. The zero-order valence-corrected chi connectivity index (χ0v) is 12.1. The molecule has 2 rings (SSSR count). The standard InChI is InChI=1S/C12H19NO6S/c1-2-13(8-5-6-20(17,18)7-8)11(14)9-3-4-10(19-9)12(15)16/h8-10H,2-7H2,1H3,(H,15,16)/t8?,9-,10+/m0/s1. The highest BCUT2D eigenvalue weighted by Gasteiger charge is 2.40. The number of ether oxygens (including phenoxy) is 1. The Morgan fingerprint density at radius 3 is 2.35 bits per heavy atom. The zero-order valence-electron chi connectivity index (χ0n) is 11.3. The number of rotatable bonds is 4. The van der Waals surface area contributed by atoms with Crippen LogP contribution in [0.15, 0.2) is 0 Å². The fourth-order valence-corrected chi connectivity index (χ4v) is 4.53. The molecule has 0 spiro atoms. The lowest BCUT2D eigenvalue weighted by atomic mass is 10.1. The summed E-state index contributed by atoms with van der Waals surface area (Å²) >= 11 is 0. The molecule has 1 unspecified atom stereocenters. The molecule has 0 radical (unpaired) electrons. The van der Waals surface area contributed by atoms with Crippen LogP contribution in [0.25, 0.3) is 0 Å². The lowest BCUT2D eigenvalue weighted by Gasteiger charge is -2.29. The first-order chi connectivity index (χ1) is 9.34. The number of carbonyl (C=O) groups excluding carboxylic acids is 1. The molecular weight excluding hydrogens is 286 g/mol. The highest BCUT2D eigenvalue weighted by Crippen LogP contribution is 2.25. The smallest absolute Gasteiger partial charge is 0.332 e. The SMILES string of the molecule is CCN(C(=O)[C@@H]1CC[C@H](C(=O)O)O1)C1CCS(=O)(=O)C1. The summed E-state index contributed by atoms with van der Waals surface area (Å²) in [4.78, 5) is 24.7. The highest BCUT2D eigenvalue weighted by atomic mass is 32.2. The summed E-state index contributed by atoms with van der Waals surface area (Å²) < 4.78 is 28.2. The van der Waals surface area contributed by atoms with Gasteiger partial charge in [0.05, 0.1) is 11.5 Å². The summed E-state index contributed by atoms with van der Waals surface area (Å²) in [6, 6.07) is -0.315. The number of aliphatic carboxylic acids is 1. The average molecular weight is 305 g/mol. The fourth-order valence-electron chi connectivity index (χ4n) is 2.80. The summed E-state index contributed by atoms with van der Waals surface area (Å²) in [7, 11) is -3.06. The van der Waals surface area contributed by atoms with Crippen molar-refractivity contribution >= 4 is 21.7 Å². The Balaban J connectivity index is 2.02. The summed E-state index contributed by atoms with van der Waals surface area (Å²) in [5.74, 6) is -1.27. The minimum atomic E-state index is -3.06. The van der Waals surface area contributed by atoms with Crippen molar-refractivity contribution in [2.24, 2.45) is 0 Å². The van der Waals surface area contributed by atoms with Crippen molar-refractivity contribution < 1.29 is 27.9 Å². The maximum Gasteiger partial charge on any atom is 0.332 e. The maximum atomic E-state index is 12.4. The Labute approximate surface area is 117 Å². The van der Waals surface area contributed by atoms with Gasteiger partial charge in [0, 0.05) is 12.6 Å². The van der Waals surface area contributed by atoms with Gasteiger partial charge in [-0.15, -0.1) is 0 Å². The third kappa shape index (κ3) is 3.12. The van der Waals surface area contributed by atoms with Gasteiger partial charge in [0.25, 0.3) is 5.91 Å². The van der Waals surface area contributed by atoms with Crippen LogP contribution in [-0.4, -0.2) is 66.6 Å². The number of carboxylic acids is 1. The van der Waals surface area contributed by atoms with Crippen LogP contribution in [0.3, 0.4) is 0 Å². The van der Waals surface area contributed by atoms with Crippen LogP contribution >= 0.6 is 0 Å². The van der Waals surface area contributed by atoms with Gasteiger partial charge in [-0.2, -0.15) is 0 Å². The van der Waals surface area contributed by atoms with E-state index in [1.165, 1.54) is 4.90 Å². The van der Waals surface area contributed by atoms with Crippen molar-refractivity contribution in [3.05, 3.63) is 0 Å². The molecule has 0 aromatic heterocycles. The van der Waals surface area contributed by atoms with Crippen molar-refractivity contribution in [3.63, 3.8) is 0 Å². The molecule has 114 valence electrons. The Kier molecular flexibility index (Phi) is 4.33. The van der Waals surface area contributed by atoms with E-state index in [4.69, 9.17) is 9.84 Å². The van der Waals surface area contributed by atoms with Crippen molar-refractivity contribution in [2.75, 3.05) is 18.1 Å². The van der Waals surface area contributed by atoms with Crippen LogP contribution in [0.5, 0.6) is 0 Å². The predicted octanol–water partition coefficient (Wildman–Crippen LogP) is -0.346. The minimum Gasteiger partial charge on any atom is -0.479 e. The Bertz CT molecular complexity index is 502. The topological polar surface area (TPSA) is 101 Å². The quantitative estimate of drug-likeness (QED) is 0.762. The molecule has 2 heterocycles. The zero-order chi connectivity index (χ0) is 14.9. The van der Waals surface area contributed by atoms with Crippen molar-refractivity contribution in [2.45, 2.75) is 44.4 Å². The first kappa shape index (κ1) is 15.2. The molecule has 0 aliphatic carbocycles. The van der Waals surface area contributed by atoms with E-state index in [-0.39, 0.29) is 23.5 Å². The van der Waals surface area contributed by atoms with Crippen molar-refractivity contribution in [1.82, 2.24) is 4.90 Å². The van der Waals surface area contributed by atoms with Crippen molar-refractivity contribution in [1.29, 1.82) is 0 Å². The summed E-state index contributed by atoms with van der Waals surface area (Å²) in [5.41, 5.74) is 0. The van der Waals surface area contributed by atoms with Gasteiger partial charge in [0.1, 0.15) is 6.10 Å². The molecule has 2 aliphatic heterocycles. The van der Waals surface area contributed by atoms with Crippen LogP contribution in [0.4, 0.5) is 0 Å². The third-order valence-electron chi connectivity index (χ3n) is 3.84. The molecular formula is C12H19NO6S. The average Bonchev–Trinajstić information content (AvgIpc) is 2.97. The lowest BCUT2D eigenvalue weighted by molar-refractivity contribution is -0.155. The van der Waals surface area contributed by atoms with Gasteiger partial charge in [-0.1, -0.05) is 0 Å². The van der Waals surface area contributed by atoms with Gasteiger partial charge in [0.2, 0.25) is 0 Å². The second-order valence-corrected chi connectivity index (χ2v) is 7.44. The van der Waals surface area contributed by atoms with Crippen LogP contribution in [0.2, 0.25) is 0 Å². The number of carboxylic acid groups (broad SMARTS) is 1. The number of amides is 1. The van der Waals surface area contributed by atoms with Gasteiger partial charge in [-0.05, 0) is 26.2 Å². The van der Waals surface area contributed by atoms with E-state index >= 15 is 0 Å². The van der Waals surface area contributed by atoms with E-state index in [1.807, 2.05) is 0 Å². The first-order valence-corrected chi connectivity index (χ1v) is 8.55. The Morgan fingerprint density at radius 2 is 1.90 bits per heavy atom. The van der Waals surface area contributed by atoms with E-state index in [1.54, 1.807) is 6.92 Å². The maximum absolute atomic E-state index is 12.4. The second kappa shape index (κ2) is 5.69. The lowest BCUT2D eigenvalue weighted by Crippen LogP contribution is -2.46. The van der Waals surface area contributed by atoms with E-state index in [0.29, 0.717) is 25.8 Å². The first-order valence-electron chi connectivity index (χ1n) is 6.73. The Morgan fingerprint density at radius 1 is 1.25 bits per heavy atom. The number of nitrogens with zero attached hydrogens (tertiary/aromatic N) is 1. The van der Waals surface area contributed by atoms with Crippen molar-refractivity contribution in [3.8, 4) is 0 Å². The third-order valence-corrected chi connectivity index (χ3v) is 5.59. The van der Waals surface area contributed by atoms with Crippen LogP contribution in [0, 0.1) is 0 Å². The molecule has 8 heteroatoms. The van der Waals surface area contributed by atoms with Gasteiger partial charge in [-0.25, -0.2) is 13.2 Å². The molecule has 2 fully saturated rings.